The highest BCUT2D eigenvalue weighted by molar-refractivity contribution is 5.91. The molecule has 3 aromatic heterocycles. The Kier molecular flexibility index (Phi) is 7.93. The fourth-order valence-electron chi connectivity index (χ4n) is 3.72. The molecule has 39 heavy (non-hydrogen) atoms. The zero-order chi connectivity index (χ0) is 28.2. The van der Waals surface area contributed by atoms with E-state index < -0.39 is 11.7 Å². The van der Waals surface area contributed by atoms with Crippen molar-refractivity contribution in [2.24, 2.45) is 0 Å². The van der Waals surface area contributed by atoms with Gasteiger partial charge in [-0.2, -0.15) is 10.1 Å². The van der Waals surface area contributed by atoms with Gasteiger partial charge in [0.1, 0.15) is 11.2 Å². The van der Waals surface area contributed by atoms with Crippen LogP contribution >= 0.6 is 0 Å². The van der Waals surface area contributed by atoms with Crippen molar-refractivity contribution in [3.05, 3.63) is 46.2 Å². The van der Waals surface area contributed by atoms with Crippen molar-refractivity contribution < 1.29 is 23.4 Å². The summed E-state index contributed by atoms with van der Waals surface area (Å²) in [7, 11) is 0. The number of hydrogen-bond donors (Lipinski definition) is 3. The first kappa shape index (κ1) is 27.3. The largest absolute Gasteiger partial charge is 0.444 e. The monoisotopic (exact) mass is 538 g/mol. The third kappa shape index (κ3) is 6.58. The molecule has 3 heterocycles. The van der Waals surface area contributed by atoms with E-state index >= 15 is 0 Å². The molecule has 0 radical (unpaired) electrons. The summed E-state index contributed by atoms with van der Waals surface area (Å²) >= 11 is 0. The van der Waals surface area contributed by atoms with Crippen LogP contribution in [-0.2, 0) is 16.0 Å². The number of ether oxygens (including phenoxy) is 1. The number of nitrogens with zero attached hydrogens (tertiary/aromatic N) is 5. The van der Waals surface area contributed by atoms with Crippen LogP contribution in [0.1, 0.15) is 52.1 Å². The maximum Gasteiger partial charge on any atom is 0.414 e. The van der Waals surface area contributed by atoms with Gasteiger partial charge < -0.3 is 13.8 Å². The first-order valence-electron chi connectivity index (χ1n) is 12.4. The molecular formula is C25H30N8O6. The predicted molar refractivity (Wildman–Crippen MR) is 141 cm³/mol. The molecule has 4 aromatic rings. The first-order chi connectivity index (χ1) is 18.6. The number of anilines is 2. The molecule has 0 fully saturated rings. The second-order valence-corrected chi connectivity index (χ2v) is 9.71. The number of amides is 2. The van der Waals surface area contributed by atoms with Gasteiger partial charge in [0.05, 0.1) is 11.1 Å². The Morgan fingerprint density at radius 1 is 1.13 bits per heavy atom. The summed E-state index contributed by atoms with van der Waals surface area (Å²) in [4.78, 5) is 41.7. The SMILES string of the molecule is CCCN(Nc1n[nH]c(=O)c2ccccc12)C(=O)CCc1nc(-c2c(C)noc2NC(=O)OC(C)(C)C)no1. The fourth-order valence-corrected chi connectivity index (χ4v) is 3.72. The number of aromatic nitrogens is 5. The zero-order valence-electron chi connectivity index (χ0n) is 22.3. The van der Waals surface area contributed by atoms with Gasteiger partial charge in [-0.05, 0) is 40.2 Å². The lowest BCUT2D eigenvalue weighted by molar-refractivity contribution is -0.130. The summed E-state index contributed by atoms with van der Waals surface area (Å²) in [5.74, 6) is 0.507. The number of H-pyrrole nitrogens is 1. The molecule has 0 bridgehead atoms. The molecule has 0 unspecified atom stereocenters. The number of carbonyl (C=O) groups excluding carboxylic acids is 2. The highest BCUT2D eigenvalue weighted by Crippen LogP contribution is 2.30. The number of fused-ring (bicyclic) bond motifs is 1. The summed E-state index contributed by atoms with van der Waals surface area (Å²) in [5, 5.41) is 19.4. The van der Waals surface area contributed by atoms with E-state index in [1.165, 1.54) is 5.01 Å². The van der Waals surface area contributed by atoms with Crippen LogP contribution in [0, 0.1) is 6.92 Å². The van der Waals surface area contributed by atoms with Gasteiger partial charge in [0.15, 0.2) is 5.82 Å². The summed E-state index contributed by atoms with van der Waals surface area (Å²) in [6.45, 7) is 9.23. The summed E-state index contributed by atoms with van der Waals surface area (Å²) in [5.41, 5.74) is 2.78. The highest BCUT2D eigenvalue weighted by Gasteiger charge is 2.25. The zero-order valence-corrected chi connectivity index (χ0v) is 22.3. The Bertz CT molecular complexity index is 1530. The average Bonchev–Trinajstić information content (AvgIpc) is 3.48. The van der Waals surface area contributed by atoms with Crippen molar-refractivity contribution in [3.8, 4) is 11.4 Å². The Labute approximate surface area is 223 Å². The first-order valence-corrected chi connectivity index (χ1v) is 12.4. The Morgan fingerprint density at radius 3 is 2.59 bits per heavy atom. The van der Waals surface area contributed by atoms with E-state index in [0.29, 0.717) is 40.8 Å². The van der Waals surface area contributed by atoms with E-state index in [2.05, 4.69) is 36.2 Å². The lowest BCUT2D eigenvalue weighted by Crippen LogP contribution is -2.37. The van der Waals surface area contributed by atoms with Crippen LogP contribution < -0.4 is 16.3 Å². The van der Waals surface area contributed by atoms with Crippen LogP contribution in [0.3, 0.4) is 0 Å². The van der Waals surface area contributed by atoms with Crippen LogP contribution in [0.2, 0.25) is 0 Å². The van der Waals surface area contributed by atoms with Gasteiger partial charge >= 0.3 is 6.09 Å². The summed E-state index contributed by atoms with van der Waals surface area (Å²) in [6.07, 6.45) is 0.182. The molecule has 0 spiro atoms. The molecule has 206 valence electrons. The maximum absolute atomic E-state index is 13.1. The van der Waals surface area contributed by atoms with Gasteiger partial charge in [-0.25, -0.2) is 9.89 Å². The lowest BCUT2D eigenvalue weighted by Gasteiger charge is -2.23. The fraction of sp³-hybridized carbons (Fsp3) is 0.400. The summed E-state index contributed by atoms with van der Waals surface area (Å²) in [6, 6.07) is 6.99. The number of aromatic amines is 1. The number of rotatable bonds is 9. The maximum atomic E-state index is 13.1. The van der Waals surface area contributed by atoms with E-state index in [9.17, 15) is 14.4 Å². The molecule has 0 atom stereocenters. The summed E-state index contributed by atoms with van der Waals surface area (Å²) < 4.78 is 15.8. The molecule has 0 aliphatic carbocycles. The predicted octanol–water partition coefficient (Wildman–Crippen LogP) is 3.81. The quantitative estimate of drug-likeness (QED) is 0.263. The molecular weight excluding hydrogens is 508 g/mol. The van der Waals surface area contributed by atoms with Gasteiger partial charge in [-0.15, -0.1) is 0 Å². The minimum absolute atomic E-state index is 0.0177. The highest BCUT2D eigenvalue weighted by atomic mass is 16.6. The molecule has 4 rings (SSSR count). The van der Waals surface area contributed by atoms with Gasteiger partial charge in [0.25, 0.3) is 5.56 Å². The molecule has 1 aromatic carbocycles. The Morgan fingerprint density at radius 2 is 1.87 bits per heavy atom. The molecule has 0 saturated heterocycles. The number of hydrogen-bond acceptors (Lipinski definition) is 11. The molecule has 3 N–H and O–H groups in total. The second kappa shape index (κ2) is 11.3. The third-order valence-electron chi connectivity index (χ3n) is 5.41. The van der Waals surface area contributed by atoms with Gasteiger partial charge in [-0.1, -0.05) is 35.4 Å². The van der Waals surface area contributed by atoms with Crippen molar-refractivity contribution in [2.75, 3.05) is 17.3 Å². The van der Waals surface area contributed by atoms with Gasteiger partial charge in [0.2, 0.25) is 23.5 Å². The molecule has 0 aliphatic rings. The van der Waals surface area contributed by atoms with Crippen LogP contribution in [0.15, 0.2) is 38.1 Å². The molecule has 14 heteroatoms. The van der Waals surface area contributed by atoms with E-state index in [1.54, 1.807) is 52.0 Å². The van der Waals surface area contributed by atoms with Crippen LogP contribution in [-0.4, -0.2) is 54.6 Å². The minimum Gasteiger partial charge on any atom is -0.444 e. The van der Waals surface area contributed by atoms with Crippen molar-refractivity contribution in [1.82, 2.24) is 30.5 Å². The molecule has 0 saturated carbocycles. The van der Waals surface area contributed by atoms with Crippen molar-refractivity contribution in [3.63, 3.8) is 0 Å². The lowest BCUT2D eigenvalue weighted by atomic mass is 10.2. The van der Waals surface area contributed by atoms with Crippen molar-refractivity contribution in [2.45, 2.75) is 59.5 Å². The number of nitrogens with one attached hydrogen (secondary N) is 3. The van der Waals surface area contributed by atoms with Crippen molar-refractivity contribution >= 4 is 34.5 Å². The topological polar surface area (TPSA) is 181 Å². The van der Waals surface area contributed by atoms with Crippen LogP contribution in [0.4, 0.5) is 16.5 Å². The van der Waals surface area contributed by atoms with E-state index in [1.807, 2.05) is 6.92 Å². The number of benzene rings is 1. The average molecular weight is 539 g/mol. The second-order valence-electron chi connectivity index (χ2n) is 9.71. The Hall–Kier alpha value is -4.75. The van der Waals surface area contributed by atoms with Gasteiger partial charge in [-0.3, -0.25) is 25.3 Å². The third-order valence-corrected chi connectivity index (χ3v) is 5.41. The van der Waals surface area contributed by atoms with Crippen LogP contribution in [0.5, 0.6) is 0 Å². The standard InChI is InChI=1S/C25H30N8O6/c1-6-13-33(30-20-15-9-7-8-10-16(15)22(35)29-28-20)18(34)12-11-17-26-21(32-38-17)19-14(2)31-39-23(19)27-24(36)37-25(3,4)5/h7-10H,6,11-13H2,1-5H3,(H,27,36)(H,28,30)(H,29,35). The normalized spacial score (nSPS) is 11.4. The van der Waals surface area contributed by atoms with E-state index in [-0.39, 0.29) is 41.9 Å². The van der Waals surface area contributed by atoms with Crippen molar-refractivity contribution in [1.29, 1.82) is 0 Å². The van der Waals surface area contributed by atoms with E-state index in [4.69, 9.17) is 13.8 Å². The molecule has 2 amide bonds. The molecule has 14 nitrogen and oxygen atoms in total. The number of carbonyl (C=O) groups is 2. The smallest absolute Gasteiger partial charge is 0.414 e. The number of hydrazine groups is 1. The molecule has 0 aliphatic heterocycles. The van der Waals surface area contributed by atoms with Gasteiger partial charge in [0, 0.05) is 24.8 Å². The van der Waals surface area contributed by atoms with Crippen LogP contribution in [0.25, 0.3) is 22.2 Å². The Balaban J connectivity index is 1.44. The van der Waals surface area contributed by atoms with E-state index in [0.717, 1.165) is 0 Å². The number of aryl methyl sites for hydroxylation is 2. The minimum atomic E-state index is -0.720.